The van der Waals surface area contributed by atoms with Crippen LogP contribution in [0.5, 0.6) is 0 Å². The number of thioether (sulfide) groups is 1. The molecule has 3 amide bonds. The molecule has 3 heterocycles. The van der Waals surface area contributed by atoms with E-state index in [1.165, 1.54) is 11.8 Å². The van der Waals surface area contributed by atoms with Gasteiger partial charge >= 0.3 is 6.03 Å². The van der Waals surface area contributed by atoms with Crippen molar-refractivity contribution in [3.8, 4) is 10.7 Å². The molecule has 0 radical (unpaired) electrons. The first-order valence-electron chi connectivity index (χ1n) is 7.90. The predicted molar refractivity (Wildman–Crippen MR) is 95.4 cm³/mol. The van der Waals surface area contributed by atoms with Gasteiger partial charge in [0.2, 0.25) is 5.91 Å². The zero-order valence-electron chi connectivity index (χ0n) is 13.7. The number of rotatable bonds is 6. The number of carbonyl (C=O) groups is 2. The van der Waals surface area contributed by atoms with Gasteiger partial charge in [0.05, 0.1) is 22.8 Å². The summed E-state index contributed by atoms with van der Waals surface area (Å²) < 4.78 is 7.72. The minimum absolute atomic E-state index is 0.115. The van der Waals surface area contributed by atoms with E-state index in [4.69, 9.17) is 10.5 Å². The first kappa shape index (κ1) is 17.9. The lowest BCUT2D eigenvalue weighted by molar-refractivity contribution is -0.119. The largest absolute Gasteiger partial charge is 0.376 e. The molecular formula is C15H19N5O3S2. The average molecular weight is 381 g/mol. The van der Waals surface area contributed by atoms with Gasteiger partial charge in [-0.3, -0.25) is 14.7 Å². The summed E-state index contributed by atoms with van der Waals surface area (Å²) in [7, 11) is 0. The number of hydrogen-bond donors (Lipinski definition) is 2. The van der Waals surface area contributed by atoms with E-state index in [1.54, 1.807) is 18.3 Å². The third-order valence-electron chi connectivity index (χ3n) is 3.77. The number of primary amides is 1. The number of nitrogens with one attached hydrogen (secondary N) is 1. The summed E-state index contributed by atoms with van der Waals surface area (Å²) in [6, 6.07) is 3.08. The highest BCUT2D eigenvalue weighted by Gasteiger charge is 2.25. The van der Waals surface area contributed by atoms with Gasteiger partial charge in [0.15, 0.2) is 11.0 Å². The lowest BCUT2D eigenvalue weighted by Gasteiger charge is -2.15. The number of imide groups is 1. The Morgan fingerprint density at radius 2 is 2.40 bits per heavy atom. The Bertz CT molecular complexity index is 740. The average Bonchev–Trinajstić information content (AvgIpc) is 3.29. The highest BCUT2D eigenvalue weighted by molar-refractivity contribution is 8.00. The summed E-state index contributed by atoms with van der Waals surface area (Å²) in [5, 5.41) is 12.7. The number of ether oxygens (including phenoxy) is 1. The van der Waals surface area contributed by atoms with Crippen molar-refractivity contribution in [2.24, 2.45) is 5.73 Å². The molecule has 3 N–H and O–H groups in total. The second-order valence-electron chi connectivity index (χ2n) is 5.64. The number of amides is 3. The molecule has 0 aliphatic carbocycles. The van der Waals surface area contributed by atoms with Gasteiger partial charge in [-0.05, 0) is 31.2 Å². The van der Waals surface area contributed by atoms with E-state index in [0.717, 1.165) is 30.2 Å². The standard InChI is InChI=1S/C15H19N5O3S2/c1-9(13(21)17-14(16)22)25-15-19-18-12(11-5-3-7-24-11)20(15)8-10-4-2-6-23-10/h3,5,7,9-10H,2,4,6,8H2,1H3,(H3,16,17,21,22). The Balaban J connectivity index is 1.82. The molecule has 2 aromatic rings. The van der Waals surface area contributed by atoms with E-state index in [9.17, 15) is 9.59 Å². The molecule has 1 aliphatic heterocycles. The first-order valence-corrected chi connectivity index (χ1v) is 9.66. The quantitative estimate of drug-likeness (QED) is 0.739. The third-order valence-corrected chi connectivity index (χ3v) is 5.71. The van der Waals surface area contributed by atoms with Gasteiger partial charge in [0, 0.05) is 6.61 Å². The Morgan fingerprint density at radius 1 is 1.56 bits per heavy atom. The highest BCUT2D eigenvalue weighted by atomic mass is 32.2. The van der Waals surface area contributed by atoms with Crippen molar-refractivity contribution in [1.29, 1.82) is 0 Å². The topological polar surface area (TPSA) is 112 Å². The van der Waals surface area contributed by atoms with Crippen molar-refractivity contribution in [3.63, 3.8) is 0 Å². The molecule has 25 heavy (non-hydrogen) atoms. The van der Waals surface area contributed by atoms with Crippen LogP contribution in [0.2, 0.25) is 0 Å². The molecule has 134 valence electrons. The highest BCUT2D eigenvalue weighted by Crippen LogP contribution is 2.30. The first-order chi connectivity index (χ1) is 12.0. The van der Waals surface area contributed by atoms with Crippen molar-refractivity contribution in [2.75, 3.05) is 6.61 Å². The van der Waals surface area contributed by atoms with Crippen molar-refractivity contribution in [3.05, 3.63) is 17.5 Å². The molecule has 0 aromatic carbocycles. The molecule has 1 saturated heterocycles. The number of nitrogens with zero attached hydrogens (tertiary/aromatic N) is 3. The van der Waals surface area contributed by atoms with E-state index in [1.807, 2.05) is 22.1 Å². The minimum atomic E-state index is -0.863. The predicted octanol–water partition coefficient (Wildman–Crippen LogP) is 1.86. The molecule has 1 aliphatic rings. The van der Waals surface area contributed by atoms with Crippen molar-refractivity contribution in [1.82, 2.24) is 20.1 Å². The molecule has 1 fully saturated rings. The molecule has 0 spiro atoms. The van der Waals surface area contributed by atoms with Crippen LogP contribution >= 0.6 is 23.1 Å². The monoisotopic (exact) mass is 381 g/mol. The Kier molecular flexibility index (Phi) is 5.71. The zero-order chi connectivity index (χ0) is 17.8. The normalized spacial score (nSPS) is 18.2. The number of carbonyl (C=O) groups excluding carboxylic acids is 2. The molecule has 2 aromatic heterocycles. The van der Waals surface area contributed by atoms with Crippen molar-refractivity contribution in [2.45, 2.75) is 42.8 Å². The fraction of sp³-hybridized carbons (Fsp3) is 0.467. The van der Waals surface area contributed by atoms with Crippen LogP contribution < -0.4 is 11.1 Å². The van der Waals surface area contributed by atoms with Gasteiger partial charge in [0.1, 0.15) is 0 Å². The maximum atomic E-state index is 11.9. The summed E-state index contributed by atoms with van der Waals surface area (Å²) in [5.74, 6) is 0.303. The summed E-state index contributed by atoms with van der Waals surface area (Å²) >= 11 is 2.82. The SMILES string of the molecule is CC(Sc1nnc(-c2cccs2)n1CC1CCCO1)C(=O)NC(N)=O. The maximum Gasteiger partial charge on any atom is 0.318 e. The Hall–Kier alpha value is -1.91. The van der Waals surface area contributed by atoms with E-state index in [0.29, 0.717) is 11.7 Å². The molecule has 0 saturated carbocycles. The van der Waals surface area contributed by atoms with E-state index in [2.05, 4.69) is 15.5 Å². The Labute approximate surface area is 153 Å². The fourth-order valence-corrected chi connectivity index (χ4v) is 4.13. The molecule has 10 heteroatoms. The molecule has 0 bridgehead atoms. The molecule has 3 rings (SSSR count). The van der Waals surface area contributed by atoms with E-state index < -0.39 is 17.2 Å². The number of aromatic nitrogens is 3. The van der Waals surface area contributed by atoms with E-state index in [-0.39, 0.29) is 6.10 Å². The van der Waals surface area contributed by atoms with Gasteiger partial charge < -0.3 is 10.5 Å². The van der Waals surface area contributed by atoms with Crippen molar-refractivity contribution < 1.29 is 14.3 Å². The van der Waals surface area contributed by atoms with E-state index >= 15 is 0 Å². The van der Waals surface area contributed by atoms with Crippen LogP contribution in [0.4, 0.5) is 4.79 Å². The van der Waals surface area contributed by atoms with Crippen LogP contribution in [0.25, 0.3) is 10.7 Å². The smallest absolute Gasteiger partial charge is 0.318 e. The molecule has 2 atom stereocenters. The fourth-order valence-electron chi connectivity index (χ4n) is 2.56. The summed E-state index contributed by atoms with van der Waals surface area (Å²) in [5.41, 5.74) is 5.00. The second kappa shape index (κ2) is 7.98. The van der Waals surface area contributed by atoms with Crippen LogP contribution in [-0.2, 0) is 16.1 Å². The third kappa shape index (κ3) is 4.39. The molecule has 2 unspecified atom stereocenters. The lowest BCUT2D eigenvalue weighted by Crippen LogP contribution is -2.39. The van der Waals surface area contributed by atoms with Crippen LogP contribution in [0.3, 0.4) is 0 Å². The number of urea groups is 1. The minimum Gasteiger partial charge on any atom is -0.376 e. The van der Waals surface area contributed by atoms with Gasteiger partial charge in [0.25, 0.3) is 0 Å². The maximum absolute atomic E-state index is 11.9. The van der Waals surface area contributed by atoms with Crippen LogP contribution in [-0.4, -0.2) is 44.7 Å². The summed E-state index contributed by atoms with van der Waals surface area (Å²) in [6.07, 6.45) is 2.15. The molecular weight excluding hydrogens is 362 g/mol. The second-order valence-corrected chi connectivity index (χ2v) is 7.90. The van der Waals surface area contributed by atoms with Gasteiger partial charge in [-0.1, -0.05) is 17.8 Å². The van der Waals surface area contributed by atoms with Crippen LogP contribution in [0, 0.1) is 0 Å². The summed E-state index contributed by atoms with van der Waals surface area (Å²) in [4.78, 5) is 23.8. The zero-order valence-corrected chi connectivity index (χ0v) is 15.3. The van der Waals surface area contributed by atoms with Gasteiger partial charge in [-0.25, -0.2) is 4.79 Å². The Morgan fingerprint density at radius 3 is 3.04 bits per heavy atom. The van der Waals surface area contributed by atoms with Gasteiger partial charge in [-0.15, -0.1) is 21.5 Å². The number of nitrogens with two attached hydrogens (primary N) is 1. The number of hydrogen-bond acceptors (Lipinski definition) is 7. The summed E-state index contributed by atoms with van der Waals surface area (Å²) in [6.45, 7) is 3.09. The van der Waals surface area contributed by atoms with Gasteiger partial charge in [-0.2, -0.15) is 0 Å². The lowest BCUT2D eigenvalue weighted by atomic mass is 10.2. The van der Waals surface area contributed by atoms with Crippen LogP contribution in [0.1, 0.15) is 19.8 Å². The number of thiophene rings is 1. The molecule has 8 nitrogen and oxygen atoms in total. The van der Waals surface area contributed by atoms with Crippen molar-refractivity contribution >= 4 is 35.0 Å². The van der Waals surface area contributed by atoms with Crippen LogP contribution in [0.15, 0.2) is 22.7 Å².